The van der Waals surface area contributed by atoms with Crippen LogP contribution >= 0.6 is 0 Å². The van der Waals surface area contributed by atoms with E-state index in [2.05, 4.69) is 4.98 Å². The number of pyridine rings is 1. The average Bonchev–Trinajstić information content (AvgIpc) is 2.60. The SMILES string of the molecule is CCCS(=O)(=O)N1CC[C@H]2OCCC[C@@]2(COc2cccnc2)C1. The van der Waals surface area contributed by atoms with Crippen molar-refractivity contribution in [3.05, 3.63) is 24.5 Å². The van der Waals surface area contributed by atoms with Crippen molar-refractivity contribution in [3.8, 4) is 5.75 Å². The van der Waals surface area contributed by atoms with E-state index in [0.29, 0.717) is 31.9 Å². The van der Waals surface area contributed by atoms with E-state index >= 15 is 0 Å². The molecule has 3 heterocycles. The molecule has 0 bridgehead atoms. The Labute approximate surface area is 144 Å². The van der Waals surface area contributed by atoms with Gasteiger partial charge in [0, 0.05) is 31.3 Å². The number of aromatic nitrogens is 1. The molecule has 7 heteroatoms. The van der Waals surface area contributed by atoms with E-state index < -0.39 is 10.0 Å². The molecule has 2 aliphatic rings. The maximum atomic E-state index is 12.5. The van der Waals surface area contributed by atoms with Gasteiger partial charge in [-0.1, -0.05) is 6.92 Å². The lowest BCUT2D eigenvalue weighted by molar-refractivity contribution is -0.128. The Bertz CT molecular complexity index is 637. The van der Waals surface area contributed by atoms with Crippen molar-refractivity contribution in [1.29, 1.82) is 0 Å². The van der Waals surface area contributed by atoms with Gasteiger partial charge in [0.05, 0.1) is 24.7 Å². The molecule has 1 aromatic heterocycles. The van der Waals surface area contributed by atoms with Crippen molar-refractivity contribution in [1.82, 2.24) is 9.29 Å². The summed E-state index contributed by atoms with van der Waals surface area (Å²) in [6, 6.07) is 3.71. The van der Waals surface area contributed by atoms with Gasteiger partial charge in [0.2, 0.25) is 10.0 Å². The van der Waals surface area contributed by atoms with Gasteiger partial charge in [-0.25, -0.2) is 12.7 Å². The van der Waals surface area contributed by atoms with E-state index in [1.54, 1.807) is 16.7 Å². The fraction of sp³-hybridized carbons (Fsp3) is 0.706. The quantitative estimate of drug-likeness (QED) is 0.782. The van der Waals surface area contributed by atoms with E-state index in [9.17, 15) is 8.42 Å². The fourth-order valence-electron chi connectivity index (χ4n) is 3.74. The van der Waals surface area contributed by atoms with Crippen LogP contribution in [0.5, 0.6) is 5.75 Å². The third kappa shape index (κ3) is 3.73. The number of hydrogen-bond acceptors (Lipinski definition) is 5. The molecule has 2 aliphatic heterocycles. The fourth-order valence-corrected chi connectivity index (χ4v) is 5.36. The van der Waals surface area contributed by atoms with Crippen molar-refractivity contribution < 1.29 is 17.9 Å². The van der Waals surface area contributed by atoms with Gasteiger partial charge in [-0.05, 0) is 37.8 Å². The summed E-state index contributed by atoms with van der Waals surface area (Å²) in [4.78, 5) is 4.07. The van der Waals surface area contributed by atoms with Crippen molar-refractivity contribution in [3.63, 3.8) is 0 Å². The maximum Gasteiger partial charge on any atom is 0.214 e. The summed E-state index contributed by atoms with van der Waals surface area (Å²) in [7, 11) is -3.20. The maximum absolute atomic E-state index is 12.5. The zero-order valence-corrected chi connectivity index (χ0v) is 15.0. The molecule has 1 aromatic rings. The highest BCUT2D eigenvalue weighted by Crippen LogP contribution is 2.41. The second-order valence-corrected chi connectivity index (χ2v) is 8.83. The summed E-state index contributed by atoms with van der Waals surface area (Å²) in [6.45, 7) is 4.14. The predicted molar refractivity (Wildman–Crippen MR) is 91.4 cm³/mol. The monoisotopic (exact) mass is 354 g/mol. The number of rotatable bonds is 6. The Balaban J connectivity index is 1.77. The summed E-state index contributed by atoms with van der Waals surface area (Å²) in [5.41, 5.74) is -0.271. The lowest BCUT2D eigenvalue weighted by Crippen LogP contribution is -2.58. The Morgan fingerprint density at radius 3 is 3.12 bits per heavy atom. The second-order valence-electron chi connectivity index (χ2n) is 6.74. The van der Waals surface area contributed by atoms with Crippen molar-refractivity contribution >= 4 is 10.0 Å². The number of piperidine rings is 1. The number of sulfonamides is 1. The summed E-state index contributed by atoms with van der Waals surface area (Å²) in [6.07, 6.45) is 6.69. The van der Waals surface area contributed by atoms with Crippen molar-refractivity contribution in [2.45, 2.75) is 38.7 Å². The molecule has 3 rings (SSSR count). The molecule has 0 radical (unpaired) electrons. The summed E-state index contributed by atoms with van der Waals surface area (Å²) < 4.78 is 38.6. The second kappa shape index (κ2) is 7.37. The molecule has 0 unspecified atom stereocenters. The minimum atomic E-state index is -3.20. The Morgan fingerprint density at radius 2 is 2.38 bits per heavy atom. The average molecular weight is 354 g/mol. The molecule has 2 atom stereocenters. The number of hydrogen-bond donors (Lipinski definition) is 0. The Morgan fingerprint density at radius 1 is 1.50 bits per heavy atom. The molecule has 0 spiro atoms. The van der Waals surface area contributed by atoms with Gasteiger partial charge in [-0.3, -0.25) is 4.98 Å². The third-order valence-electron chi connectivity index (χ3n) is 4.97. The summed E-state index contributed by atoms with van der Waals surface area (Å²) in [5.74, 6) is 0.919. The van der Waals surface area contributed by atoms with Crippen molar-refractivity contribution in [2.24, 2.45) is 5.41 Å². The lowest BCUT2D eigenvalue weighted by Gasteiger charge is -2.49. The first-order chi connectivity index (χ1) is 11.6. The molecule has 6 nitrogen and oxygen atoms in total. The highest BCUT2D eigenvalue weighted by molar-refractivity contribution is 7.89. The number of ether oxygens (including phenoxy) is 2. The van der Waals surface area contributed by atoms with Gasteiger partial charge in [0.1, 0.15) is 5.75 Å². The highest BCUT2D eigenvalue weighted by Gasteiger charge is 2.48. The van der Waals surface area contributed by atoms with E-state index in [-0.39, 0.29) is 17.3 Å². The standard InChI is InChI=1S/C17H26N2O4S/c1-2-11-24(20,21)19-9-6-16-17(13-19,7-4-10-22-16)14-23-15-5-3-8-18-12-15/h3,5,8,12,16H,2,4,6-7,9-11,13-14H2,1H3/t16-,17+/m1/s1. The topological polar surface area (TPSA) is 68.7 Å². The molecule has 0 N–H and O–H groups in total. The zero-order chi connectivity index (χ0) is 17.0. The third-order valence-corrected chi connectivity index (χ3v) is 6.99. The minimum Gasteiger partial charge on any atom is -0.491 e. The van der Waals surface area contributed by atoms with Crippen LogP contribution in [0.25, 0.3) is 0 Å². The molecule has 0 saturated carbocycles. The van der Waals surface area contributed by atoms with Gasteiger partial charge in [-0.15, -0.1) is 0 Å². The van der Waals surface area contributed by atoms with E-state index in [1.807, 2.05) is 19.1 Å². The van der Waals surface area contributed by atoms with Crippen LogP contribution in [-0.2, 0) is 14.8 Å². The summed E-state index contributed by atoms with van der Waals surface area (Å²) >= 11 is 0. The summed E-state index contributed by atoms with van der Waals surface area (Å²) in [5, 5.41) is 0. The molecule has 2 fully saturated rings. The van der Waals surface area contributed by atoms with Crippen LogP contribution in [0.1, 0.15) is 32.6 Å². The van der Waals surface area contributed by atoms with Gasteiger partial charge in [0.25, 0.3) is 0 Å². The largest absolute Gasteiger partial charge is 0.491 e. The molecule has 0 amide bonds. The van der Waals surface area contributed by atoms with Gasteiger partial charge < -0.3 is 9.47 Å². The predicted octanol–water partition coefficient (Wildman–Crippen LogP) is 2.07. The zero-order valence-electron chi connectivity index (χ0n) is 14.2. The lowest BCUT2D eigenvalue weighted by atomic mass is 9.73. The van der Waals surface area contributed by atoms with Crippen LogP contribution in [0.15, 0.2) is 24.5 Å². The van der Waals surface area contributed by atoms with E-state index in [1.165, 1.54) is 0 Å². The van der Waals surface area contributed by atoms with Crippen LogP contribution in [-0.4, -0.2) is 55.9 Å². The van der Waals surface area contributed by atoms with Gasteiger partial charge >= 0.3 is 0 Å². The van der Waals surface area contributed by atoms with Gasteiger partial charge in [-0.2, -0.15) is 0 Å². The first kappa shape index (κ1) is 17.6. The van der Waals surface area contributed by atoms with Crippen LogP contribution in [0.2, 0.25) is 0 Å². The van der Waals surface area contributed by atoms with Crippen molar-refractivity contribution in [2.75, 3.05) is 32.1 Å². The van der Waals surface area contributed by atoms with E-state index in [4.69, 9.17) is 9.47 Å². The normalized spacial score (nSPS) is 28.3. The molecule has 0 aromatic carbocycles. The van der Waals surface area contributed by atoms with Crippen LogP contribution in [0, 0.1) is 5.41 Å². The Hall–Kier alpha value is -1.18. The Kier molecular flexibility index (Phi) is 5.42. The number of nitrogens with zero attached hydrogens (tertiary/aromatic N) is 2. The molecule has 0 aliphatic carbocycles. The van der Waals surface area contributed by atoms with Crippen LogP contribution in [0.4, 0.5) is 0 Å². The highest BCUT2D eigenvalue weighted by atomic mass is 32.2. The smallest absolute Gasteiger partial charge is 0.214 e. The number of fused-ring (bicyclic) bond motifs is 1. The molecular formula is C17H26N2O4S. The molecular weight excluding hydrogens is 328 g/mol. The van der Waals surface area contributed by atoms with E-state index in [0.717, 1.165) is 25.9 Å². The molecule has 134 valence electrons. The molecule has 24 heavy (non-hydrogen) atoms. The van der Waals surface area contributed by atoms with Gasteiger partial charge in [0.15, 0.2) is 0 Å². The first-order valence-electron chi connectivity index (χ1n) is 8.68. The molecule has 2 saturated heterocycles. The first-order valence-corrected chi connectivity index (χ1v) is 10.3. The van der Waals surface area contributed by atoms with Crippen LogP contribution < -0.4 is 4.74 Å². The van der Waals surface area contributed by atoms with Crippen LogP contribution in [0.3, 0.4) is 0 Å². The minimum absolute atomic E-state index is 0.0657.